The van der Waals surface area contributed by atoms with Gasteiger partial charge in [0.1, 0.15) is 0 Å². The summed E-state index contributed by atoms with van der Waals surface area (Å²) in [5.41, 5.74) is 0. The number of hydrogen-bond acceptors (Lipinski definition) is 1. The highest BCUT2D eigenvalue weighted by Gasteiger charge is 2.02. The molecule has 0 bridgehead atoms. The molecule has 0 fully saturated rings. The normalized spacial score (nSPS) is 14.3. The maximum Gasteiger partial charge on any atom is 0.0462 e. The molecule has 0 saturated heterocycles. The van der Waals surface area contributed by atoms with E-state index in [1.54, 1.807) is 0 Å². The monoisotopic (exact) mass is 330 g/mol. The lowest BCUT2D eigenvalue weighted by molar-refractivity contribution is 0.219. The van der Waals surface area contributed by atoms with Crippen molar-refractivity contribution in [2.75, 3.05) is 6.61 Å². The van der Waals surface area contributed by atoms with Gasteiger partial charge in [-0.15, -0.1) is 0 Å². The predicted octanol–water partition coefficient (Wildman–Crippen LogP) is 6.93. The molecule has 24 heavy (non-hydrogen) atoms. The molecule has 0 aromatic heterocycles. The third kappa shape index (κ3) is 17.0. The Balaban J connectivity index is 3.55. The minimum absolute atomic E-state index is 0.315. The van der Waals surface area contributed by atoms with Gasteiger partial charge in [-0.1, -0.05) is 81.0 Å². The predicted molar refractivity (Wildman–Crippen MR) is 109 cm³/mol. The molecule has 1 unspecified atom stereocenters. The van der Waals surface area contributed by atoms with E-state index in [1.165, 1.54) is 0 Å². The molecule has 1 heteroatoms. The largest absolute Gasteiger partial charge is 0.396 e. The van der Waals surface area contributed by atoms with Crippen molar-refractivity contribution in [3.63, 3.8) is 0 Å². The summed E-state index contributed by atoms with van der Waals surface area (Å²) in [5.74, 6) is 0.448. The van der Waals surface area contributed by atoms with Crippen LogP contribution in [0.1, 0.15) is 71.6 Å². The van der Waals surface area contributed by atoms with Gasteiger partial charge in [-0.05, 0) is 57.3 Å². The summed E-state index contributed by atoms with van der Waals surface area (Å²) in [4.78, 5) is 0. The zero-order valence-electron chi connectivity index (χ0n) is 15.9. The Morgan fingerprint density at radius 2 is 1.17 bits per heavy atom. The van der Waals surface area contributed by atoms with Gasteiger partial charge >= 0.3 is 0 Å². The SMILES string of the molecule is CC/C=C\C/C=C\C/C=C\C/C=C\CC/C=C/CC(CO)CCC. The number of aliphatic hydroxyl groups is 1. The number of unbranched alkanes of at least 4 members (excludes halogenated alkanes) is 1. The van der Waals surface area contributed by atoms with Crippen LogP contribution in [0, 0.1) is 5.92 Å². The second kappa shape index (κ2) is 19.7. The van der Waals surface area contributed by atoms with E-state index in [4.69, 9.17) is 0 Å². The maximum atomic E-state index is 9.22. The molecule has 0 saturated carbocycles. The lowest BCUT2D eigenvalue weighted by atomic mass is 10.0. The van der Waals surface area contributed by atoms with Crippen molar-refractivity contribution < 1.29 is 5.11 Å². The Bertz CT molecular complexity index is 385. The summed E-state index contributed by atoms with van der Waals surface area (Å²) in [5, 5.41) is 9.22. The fourth-order valence-electron chi connectivity index (χ4n) is 2.39. The van der Waals surface area contributed by atoms with Gasteiger partial charge in [0.2, 0.25) is 0 Å². The zero-order valence-corrected chi connectivity index (χ0v) is 15.9. The molecule has 0 aliphatic heterocycles. The highest BCUT2D eigenvalue weighted by molar-refractivity contribution is 4.99. The van der Waals surface area contributed by atoms with Crippen LogP contribution in [0.4, 0.5) is 0 Å². The molecule has 0 aliphatic rings. The van der Waals surface area contributed by atoms with Gasteiger partial charge in [0.05, 0.1) is 0 Å². The molecular formula is C23H38O. The third-order valence-electron chi connectivity index (χ3n) is 3.81. The molecule has 0 aliphatic carbocycles. The van der Waals surface area contributed by atoms with Crippen LogP contribution in [0.2, 0.25) is 0 Å². The topological polar surface area (TPSA) is 20.2 Å². The Morgan fingerprint density at radius 3 is 1.67 bits per heavy atom. The number of rotatable bonds is 15. The summed E-state index contributed by atoms with van der Waals surface area (Å²) in [7, 11) is 0. The van der Waals surface area contributed by atoms with E-state index in [0.29, 0.717) is 12.5 Å². The Hall–Kier alpha value is -1.34. The van der Waals surface area contributed by atoms with Crippen LogP contribution >= 0.6 is 0 Å². The van der Waals surface area contributed by atoms with E-state index >= 15 is 0 Å². The zero-order chi connectivity index (χ0) is 17.7. The molecule has 136 valence electrons. The van der Waals surface area contributed by atoms with Gasteiger partial charge in [0.25, 0.3) is 0 Å². The lowest BCUT2D eigenvalue weighted by Crippen LogP contribution is -2.03. The molecule has 0 radical (unpaired) electrons. The van der Waals surface area contributed by atoms with Crippen molar-refractivity contribution in [3.8, 4) is 0 Å². The quantitative estimate of drug-likeness (QED) is 0.255. The average molecular weight is 331 g/mol. The van der Waals surface area contributed by atoms with Gasteiger partial charge < -0.3 is 5.11 Å². The molecular weight excluding hydrogens is 292 g/mol. The minimum Gasteiger partial charge on any atom is -0.396 e. The van der Waals surface area contributed by atoms with E-state index < -0.39 is 0 Å². The molecule has 0 aromatic carbocycles. The average Bonchev–Trinajstić information content (AvgIpc) is 2.60. The Morgan fingerprint density at radius 1 is 0.667 bits per heavy atom. The fourth-order valence-corrected chi connectivity index (χ4v) is 2.39. The van der Waals surface area contributed by atoms with Crippen molar-refractivity contribution in [2.45, 2.75) is 71.6 Å². The highest BCUT2D eigenvalue weighted by atomic mass is 16.3. The lowest BCUT2D eigenvalue weighted by Gasteiger charge is -2.08. The van der Waals surface area contributed by atoms with E-state index in [1.807, 2.05) is 0 Å². The second-order valence-corrected chi connectivity index (χ2v) is 6.12. The summed E-state index contributed by atoms with van der Waals surface area (Å²) in [6.07, 6.45) is 32.0. The molecule has 1 nitrogen and oxygen atoms in total. The van der Waals surface area contributed by atoms with Gasteiger partial charge in [0, 0.05) is 6.61 Å². The standard InChI is InChI=1S/C23H38O/c1-3-5-6-7-8-9-10-11-12-13-14-15-16-17-18-19-21-23(22-24)20-4-2/h5-6,8-9,11-12,14-15,18-19,23-24H,3-4,7,10,13,16-17,20-22H2,1-2H3/b6-5-,9-8-,12-11-,15-14-,19-18+. The van der Waals surface area contributed by atoms with Crippen molar-refractivity contribution in [1.82, 2.24) is 0 Å². The summed E-state index contributed by atoms with van der Waals surface area (Å²) in [6, 6.07) is 0. The molecule has 0 heterocycles. The minimum atomic E-state index is 0.315. The first-order valence-electron chi connectivity index (χ1n) is 9.70. The van der Waals surface area contributed by atoms with Crippen molar-refractivity contribution in [2.24, 2.45) is 5.92 Å². The Kier molecular flexibility index (Phi) is 18.6. The van der Waals surface area contributed by atoms with E-state index in [0.717, 1.165) is 57.8 Å². The van der Waals surface area contributed by atoms with Crippen LogP contribution in [0.25, 0.3) is 0 Å². The first-order valence-corrected chi connectivity index (χ1v) is 9.70. The smallest absolute Gasteiger partial charge is 0.0462 e. The van der Waals surface area contributed by atoms with Crippen molar-refractivity contribution in [3.05, 3.63) is 60.8 Å². The highest BCUT2D eigenvalue weighted by Crippen LogP contribution is 2.11. The van der Waals surface area contributed by atoms with Crippen LogP contribution < -0.4 is 0 Å². The third-order valence-corrected chi connectivity index (χ3v) is 3.81. The second-order valence-electron chi connectivity index (χ2n) is 6.12. The molecule has 0 rings (SSSR count). The van der Waals surface area contributed by atoms with Crippen molar-refractivity contribution >= 4 is 0 Å². The van der Waals surface area contributed by atoms with Gasteiger partial charge in [-0.25, -0.2) is 0 Å². The fraction of sp³-hybridized carbons (Fsp3) is 0.565. The van der Waals surface area contributed by atoms with Crippen LogP contribution in [-0.4, -0.2) is 11.7 Å². The Labute approximate surface area is 150 Å². The van der Waals surface area contributed by atoms with Gasteiger partial charge in [0.15, 0.2) is 0 Å². The first kappa shape index (κ1) is 22.7. The van der Waals surface area contributed by atoms with Crippen molar-refractivity contribution in [1.29, 1.82) is 0 Å². The summed E-state index contributed by atoms with van der Waals surface area (Å²) in [6.45, 7) is 4.65. The number of aliphatic hydroxyl groups excluding tert-OH is 1. The number of allylic oxidation sites excluding steroid dienone is 10. The molecule has 0 aromatic rings. The maximum absolute atomic E-state index is 9.22. The van der Waals surface area contributed by atoms with Crippen LogP contribution in [0.5, 0.6) is 0 Å². The van der Waals surface area contributed by atoms with Crippen LogP contribution in [0.3, 0.4) is 0 Å². The number of hydrogen-bond donors (Lipinski definition) is 1. The van der Waals surface area contributed by atoms with E-state index in [2.05, 4.69) is 74.6 Å². The summed E-state index contributed by atoms with van der Waals surface area (Å²) >= 11 is 0. The van der Waals surface area contributed by atoms with Crippen LogP contribution in [-0.2, 0) is 0 Å². The first-order chi connectivity index (χ1) is 11.8. The van der Waals surface area contributed by atoms with E-state index in [9.17, 15) is 5.11 Å². The molecule has 0 amide bonds. The molecule has 0 spiro atoms. The van der Waals surface area contributed by atoms with Gasteiger partial charge in [-0.3, -0.25) is 0 Å². The van der Waals surface area contributed by atoms with Crippen LogP contribution in [0.15, 0.2) is 60.8 Å². The van der Waals surface area contributed by atoms with E-state index in [-0.39, 0.29) is 0 Å². The molecule has 1 N–H and O–H groups in total. The molecule has 1 atom stereocenters. The van der Waals surface area contributed by atoms with Gasteiger partial charge in [-0.2, -0.15) is 0 Å². The summed E-state index contributed by atoms with van der Waals surface area (Å²) < 4.78 is 0.